The average molecular weight is 260 g/mol. The Balaban J connectivity index is 1.98. The summed E-state index contributed by atoms with van der Waals surface area (Å²) in [6, 6.07) is 3.08. The molecule has 1 N–H and O–H groups in total. The molecule has 0 aliphatic rings. The Hall–Kier alpha value is -2.57. The maximum atomic E-state index is 10.8. The number of furan rings is 1. The lowest BCUT2D eigenvalue weighted by Crippen LogP contribution is -2.01. The summed E-state index contributed by atoms with van der Waals surface area (Å²) in [6.45, 7) is 2.29. The third kappa shape index (κ3) is 1.79. The van der Waals surface area contributed by atoms with Crippen LogP contribution >= 0.6 is 0 Å². The molecule has 0 saturated heterocycles. The van der Waals surface area contributed by atoms with Crippen LogP contribution in [0.3, 0.4) is 0 Å². The van der Waals surface area contributed by atoms with Crippen LogP contribution in [-0.2, 0) is 13.6 Å². The number of carbonyl (C=O) groups is 1. The summed E-state index contributed by atoms with van der Waals surface area (Å²) < 4.78 is 8.74. The molecule has 0 bridgehead atoms. The van der Waals surface area contributed by atoms with Crippen LogP contribution in [0.4, 0.5) is 0 Å². The monoisotopic (exact) mass is 260 g/mol. The fourth-order valence-electron chi connectivity index (χ4n) is 2.16. The van der Waals surface area contributed by atoms with E-state index < -0.39 is 5.97 Å². The van der Waals surface area contributed by atoms with E-state index in [1.165, 1.54) is 6.07 Å². The molecule has 7 heteroatoms. The van der Waals surface area contributed by atoms with Crippen molar-refractivity contribution in [2.24, 2.45) is 7.05 Å². The Morgan fingerprint density at radius 3 is 2.95 bits per heavy atom. The molecule has 0 aliphatic carbocycles. The summed E-state index contributed by atoms with van der Waals surface area (Å²) in [6.07, 6.45) is 1.73. The molecule has 3 heterocycles. The highest BCUT2D eigenvalue weighted by Crippen LogP contribution is 2.18. The first-order valence-electron chi connectivity index (χ1n) is 5.73. The average Bonchev–Trinajstić information content (AvgIpc) is 3.00. The Bertz CT molecular complexity index is 765. The van der Waals surface area contributed by atoms with Gasteiger partial charge in [-0.25, -0.2) is 4.79 Å². The molecule has 0 aromatic carbocycles. The van der Waals surface area contributed by atoms with Crippen LogP contribution in [0.5, 0.6) is 0 Å². The zero-order valence-corrected chi connectivity index (χ0v) is 10.5. The van der Waals surface area contributed by atoms with Gasteiger partial charge in [-0.2, -0.15) is 10.2 Å². The topological polar surface area (TPSA) is 86.1 Å². The van der Waals surface area contributed by atoms with Crippen molar-refractivity contribution in [3.8, 4) is 0 Å². The maximum absolute atomic E-state index is 10.8. The SMILES string of the molecule is Cc1nn(C)c2cnn(Cc3ccc(C(=O)O)o3)c12. The number of aromatic carboxylic acids is 1. The molecule has 0 fully saturated rings. The molecule has 19 heavy (non-hydrogen) atoms. The summed E-state index contributed by atoms with van der Waals surface area (Å²) in [5.74, 6) is -0.596. The zero-order chi connectivity index (χ0) is 13.6. The number of hydrogen-bond donors (Lipinski definition) is 1. The van der Waals surface area contributed by atoms with E-state index in [1.807, 2.05) is 14.0 Å². The molecule has 0 radical (unpaired) electrons. The quantitative estimate of drug-likeness (QED) is 0.769. The normalized spacial score (nSPS) is 11.3. The van der Waals surface area contributed by atoms with E-state index >= 15 is 0 Å². The Morgan fingerprint density at radius 2 is 2.26 bits per heavy atom. The third-order valence-corrected chi connectivity index (χ3v) is 2.99. The number of aryl methyl sites for hydroxylation is 2. The molecular weight excluding hydrogens is 248 g/mol. The second-order valence-electron chi connectivity index (χ2n) is 4.32. The molecule has 0 saturated carbocycles. The van der Waals surface area contributed by atoms with Crippen LogP contribution in [0.25, 0.3) is 11.0 Å². The predicted molar refractivity (Wildman–Crippen MR) is 66.0 cm³/mol. The van der Waals surface area contributed by atoms with Gasteiger partial charge in [0.1, 0.15) is 16.8 Å². The third-order valence-electron chi connectivity index (χ3n) is 2.99. The highest BCUT2D eigenvalue weighted by atomic mass is 16.4. The van der Waals surface area contributed by atoms with Gasteiger partial charge in [0, 0.05) is 7.05 Å². The summed E-state index contributed by atoms with van der Waals surface area (Å²) in [5, 5.41) is 17.4. The van der Waals surface area contributed by atoms with E-state index in [0.717, 1.165) is 16.7 Å². The van der Waals surface area contributed by atoms with Crippen molar-refractivity contribution in [1.29, 1.82) is 0 Å². The van der Waals surface area contributed by atoms with Crippen LogP contribution in [-0.4, -0.2) is 30.6 Å². The van der Waals surface area contributed by atoms with Gasteiger partial charge in [0.2, 0.25) is 5.76 Å². The van der Waals surface area contributed by atoms with Crippen molar-refractivity contribution in [2.45, 2.75) is 13.5 Å². The minimum absolute atomic E-state index is 0.0682. The van der Waals surface area contributed by atoms with Crippen molar-refractivity contribution in [2.75, 3.05) is 0 Å². The Morgan fingerprint density at radius 1 is 1.47 bits per heavy atom. The van der Waals surface area contributed by atoms with Crippen molar-refractivity contribution in [3.05, 3.63) is 35.5 Å². The van der Waals surface area contributed by atoms with Crippen LogP contribution in [0.1, 0.15) is 22.0 Å². The maximum Gasteiger partial charge on any atom is 0.371 e. The minimum atomic E-state index is -1.07. The summed E-state index contributed by atoms with van der Waals surface area (Å²) in [5.41, 5.74) is 2.73. The number of carboxylic acid groups (broad SMARTS) is 1. The van der Waals surface area contributed by atoms with E-state index in [-0.39, 0.29) is 5.76 Å². The van der Waals surface area contributed by atoms with Crippen LogP contribution in [0.2, 0.25) is 0 Å². The van der Waals surface area contributed by atoms with Gasteiger partial charge in [0.25, 0.3) is 0 Å². The molecule has 3 rings (SSSR count). The second-order valence-corrected chi connectivity index (χ2v) is 4.32. The molecule has 0 aliphatic heterocycles. The van der Waals surface area contributed by atoms with Crippen LogP contribution in [0.15, 0.2) is 22.7 Å². The van der Waals surface area contributed by atoms with Gasteiger partial charge >= 0.3 is 5.97 Å². The Kier molecular flexibility index (Phi) is 2.41. The number of fused-ring (bicyclic) bond motifs is 1. The van der Waals surface area contributed by atoms with Crippen molar-refractivity contribution < 1.29 is 14.3 Å². The van der Waals surface area contributed by atoms with Gasteiger partial charge in [-0.15, -0.1) is 0 Å². The van der Waals surface area contributed by atoms with Crippen LogP contribution in [0, 0.1) is 6.92 Å². The van der Waals surface area contributed by atoms with E-state index in [9.17, 15) is 4.79 Å². The molecule has 0 atom stereocenters. The molecule has 0 spiro atoms. The summed E-state index contributed by atoms with van der Waals surface area (Å²) in [7, 11) is 1.86. The number of nitrogens with zero attached hydrogens (tertiary/aromatic N) is 4. The van der Waals surface area contributed by atoms with Crippen molar-refractivity contribution >= 4 is 17.0 Å². The minimum Gasteiger partial charge on any atom is -0.475 e. The lowest BCUT2D eigenvalue weighted by atomic mass is 10.3. The number of carboxylic acids is 1. The van der Waals surface area contributed by atoms with Gasteiger partial charge in [0.05, 0.1) is 18.4 Å². The molecule has 98 valence electrons. The fraction of sp³-hybridized carbons (Fsp3) is 0.250. The molecule has 3 aromatic heterocycles. The molecule has 7 nitrogen and oxygen atoms in total. The smallest absolute Gasteiger partial charge is 0.371 e. The Labute approximate surface area is 108 Å². The first kappa shape index (κ1) is 11.5. The van der Waals surface area contributed by atoms with E-state index in [4.69, 9.17) is 9.52 Å². The highest BCUT2D eigenvalue weighted by molar-refractivity contribution is 5.84. The van der Waals surface area contributed by atoms with E-state index in [0.29, 0.717) is 12.3 Å². The number of aromatic nitrogens is 4. The van der Waals surface area contributed by atoms with Crippen molar-refractivity contribution in [1.82, 2.24) is 19.6 Å². The molecule has 3 aromatic rings. The van der Waals surface area contributed by atoms with Crippen molar-refractivity contribution in [3.63, 3.8) is 0 Å². The lowest BCUT2D eigenvalue weighted by Gasteiger charge is -1.99. The first-order valence-corrected chi connectivity index (χ1v) is 5.73. The van der Waals surface area contributed by atoms with Crippen LogP contribution < -0.4 is 0 Å². The summed E-state index contributed by atoms with van der Waals surface area (Å²) in [4.78, 5) is 10.8. The van der Waals surface area contributed by atoms with Gasteiger partial charge in [-0.05, 0) is 19.1 Å². The van der Waals surface area contributed by atoms with Gasteiger partial charge in [0.15, 0.2) is 0 Å². The first-order chi connectivity index (χ1) is 9.06. The standard InChI is InChI=1S/C12H12N4O3/c1-7-11-9(15(2)14-7)5-13-16(11)6-8-3-4-10(19-8)12(17)18/h3-5H,6H2,1-2H3,(H,17,18). The van der Waals surface area contributed by atoms with Gasteiger partial charge in [-0.3, -0.25) is 9.36 Å². The highest BCUT2D eigenvalue weighted by Gasteiger charge is 2.14. The summed E-state index contributed by atoms with van der Waals surface area (Å²) >= 11 is 0. The predicted octanol–water partition coefficient (Wildman–Crippen LogP) is 1.42. The molecule has 0 amide bonds. The largest absolute Gasteiger partial charge is 0.475 e. The molecular formula is C12H12N4O3. The number of rotatable bonds is 3. The van der Waals surface area contributed by atoms with E-state index in [2.05, 4.69) is 10.2 Å². The lowest BCUT2D eigenvalue weighted by molar-refractivity contribution is 0.0660. The van der Waals surface area contributed by atoms with Gasteiger partial charge in [-0.1, -0.05) is 0 Å². The number of hydrogen-bond acceptors (Lipinski definition) is 4. The molecule has 0 unspecified atom stereocenters. The fourth-order valence-corrected chi connectivity index (χ4v) is 2.16. The second kappa shape index (κ2) is 3.98. The van der Waals surface area contributed by atoms with Gasteiger partial charge < -0.3 is 9.52 Å². The zero-order valence-electron chi connectivity index (χ0n) is 10.5. The van der Waals surface area contributed by atoms with E-state index in [1.54, 1.807) is 21.6 Å².